The van der Waals surface area contributed by atoms with Gasteiger partial charge in [0.15, 0.2) is 5.11 Å². The van der Waals surface area contributed by atoms with Crippen molar-refractivity contribution in [2.24, 2.45) is 0 Å². The fourth-order valence-corrected chi connectivity index (χ4v) is 4.80. The summed E-state index contributed by atoms with van der Waals surface area (Å²) in [5.41, 5.74) is 4.34. The molecule has 1 saturated heterocycles. The molecule has 34 heavy (non-hydrogen) atoms. The van der Waals surface area contributed by atoms with E-state index in [-0.39, 0.29) is 17.9 Å². The Bertz CT molecular complexity index is 1310. The smallest absolute Gasteiger partial charge is 0.174 e. The topological polar surface area (TPSA) is 42.3 Å². The van der Waals surface area contributed by atoms with Gasteiger partial charge in [-0.2, -0.15) is 0 Å². The largest absolute Gasteiger partial charge is 0.494 e. The highest BCUT2D eigenvalue weighted by atomic mass is 32.1. The van der Waals surface area contributed by atoms with Crippen LogP contribution in [-0.4, -0.2) is 21.3 Å². The molecule has 1 aliphatic rings. The summed E-state index contributed by atoms with van der Waals surface area (Å²) in [6, 6.07) is 22.7. The normalized spacial score (nSPS) is 17.6. The molecule has 2 unspecified atom stereocenters. The van der Waals surface area contributed by atoms with Crippen molar-refractivity contribution in [2.45, 2.75) is 25.9 Å². The van der Waals surface area contributed by atoms with Crippen LogP contribution >= 0.6 is 12.2 Å². The maximum absolute atomic E-state index is 14.1. The van der Waals surface area contributed by atoms with E-state index < -0.39 is 0 Å². The first-order valence-electron chi connectivity index (χ1n) is 11.2. The Morgan fingerprint density at radius 3 is 2.53 bits per heavy atom. The number of nitrogens with one attached hydrogen (secondary N) is 1. The van der Waals surface area contributed by atoms with E-state index in [1.807, 2.05) is 67.7 Å². The lowest BCUT2D eigenvalue weighted by Gasteiger charge is -2.29. The van der Waals surface area contributed by atoms with Crippen LogP contribution in [0.15, 0.2) is 85.2 Å². The minimum absolute atomic E-state index is 0.185. The van der Waals surface area contributed by atoms with E-state index in [9.17, 15) is 4.39 Å². The van der Waals surface area contributed by atoms with Gasteiger partial charge in [0.25, 0.3) is 0 Å². The first-order chi connectivity index (χ1) is 16.6. The number of rotatable bonds is 6. The fourth-order valence-electron chi connectivity index (χ4n) is 4.45. The monoisotopic (exact) mass is 472 g/mol. The molecule has 3 heterocycles. The summed E-state index contributed by atoms with van der Waals surface area (Å²) < 4.78 is 21.8. The molecule has 1 aliphatic heterocycles. The molecule has 5 nitrogen and oxygen atoms in total. The molecule has 2 aromatic carbocycles. The van der Waals surface area contributed by atoms with Gasteiger partial charge in [-0.3, -0.25) is 4.98 Å². The van der Waals surface area contributed by atoms with Crippen LogP contribution in [0, 0.1) is 12.7 Å². The number of benzene rings is 2. The minimum Gasteiger partial charge on any atom is -0.494 e. The van der Waals surface area contributed by atoms with E-state index in [1.165, 1.54) is 6.07 Å². The first-order valence-corrected chi connectivity index (χ1v) is 11.6. The van der Waals surface area contributed by atoms with E-state index in [1.54, 1.807) is 19.2 Å². The zero-order valence-electron chi connectivity index (χ0n) is 19.0. The van der Waals surface area contributed by atoms with E-state index >= 15 is 0 Å². The molecule has 4 aromatic rings. The van der Waals surface area contributed by atoms with Crippen LogP contribution in [0.5, 0.6) is 5.75 Å². The summed E-state index contributed by atoms with van der Waals surface area (Å²) in [6.45, 7) is 4.35. The summed E-state index contributed by atoms with van der Waals surface area (Å²) in [5.74, 6) is 0.593. The highest BCUT2D eigenvalue weighted by Crippen LogP contribution is 2.42. The van der Waals surface area contributed by atoms with Gasteiger partial charge in [-0.1, -0.05) is 6.07 Å². The fraction of sp³-hybridized carbons (Fsp3) is 0.185. The first kappa shape index (κ1) is 22.1. The molecule has 7 heteroatoms. The van der Waals surface area contributed by atoms with Crippen molar-refractivity contribution in [2.75, 3.05) is 11.5 Å². The van der Waals surface area contributed by atoms with Gasteiger partial charge in [0.2, 0.25) is 0 Å². The third kappa shape index (κ3) is 4.03. The van der Waals surface area contributed by atoms with Crippen molar-refractivity contribution >= 4 is 23.0 Å². The molecule has 5 rings (SSSR count). The van der Waals surface area contributed by atoms with Gasteiger partial charge in [-0.25, -0.2) is 4.39 Å². The lowest BCUT2D eigenvalue weighted by molar-refractivity contribution is 0.340. The molecule has 172 valence electrons. The highest BCUT2D eigenvalue weighted by molar-refractivity contribution is 7.80. The van der Waals surface area contributed by atoms with Gasteiger partial charge in [0.05, 0.1) is 18.3 Å². The molecule has 0 amide bonds. The molecule has 0 spiro atoms. The Labute approximate surface area is 203 Å². The zero-order valence-corrected chi connectivity index (χ0v) is 19.8. The van der Waals surface area contributed by atoms with Crippen LogP contribution in [0.25, 0.3) is 5.69 Å². The molecule has 1 fully saturated rings. The summed E-state index contributed by atoms with van der Waals surface area (Å²) in [5, 5.41) is 4.04. The van der Waals surface area contributed by atoms with Gasteiger partial charge in [-0.15, -0.1) is 0 Å². The quantitative estimate of drug-likeness (QED) is 0.354. The molecular formula is C27H25FN4OS. The molecule has 0 aliphatic carbocycles. The molecular weight excluding hydrogens is 447 g/mol. The highest BCUT2D eigenvalue weighted by Gasteiger charge is 2.42. The van der Waals surface area contributed by atoms with Gasteiger partial charge < -0.3 is 19.5 Å². The van der Waals surface area contributed by atoms with Crippen molar-refractivity contribution in [3.05, 3.63) is 108 Å². The van der Waals surface area contributed by atoms with Crippen LogP contribution in [0.1, 0.15) is 36.0 Å². The number of aromatic nitrogens is 2. The lowest BCUT2D eigenvalue weighted by Crippen LogP contribution is -2.30. The predicted octanol–water partition coefficient (Wildman–Crippen LogP) is 5.90. The van der Waals surface area contributed by atoms with Gasteiger partial charge in [-0.05, 0) is 98.4 Å². The third-order valence-electron chi connectivity index (χ3n) is 6.03. The second-order valence-electron chi connectivity index (χ2n) is 8.16. The molecule has 2 atom stereocenters. The molecule has 0 bridgehead atoms. The molecule has 2 aromatic heterocycles. The number of hydrogen-bond donors (Lipinski definition) is 1. The van der Waals surface area contributed by atoms with Crippen molar-refractivity contribution in [3.8, 4) is 11.4 Å². The van der Waals surface area contributed by atoms with E-state index in [2.05, 4.69) is 25.8 Å². The van der Waals surface area contributed by atoms with Crippen LogP contribution < -0.4 is 15.0 Å². The minimum atomic E-state index is -0.239. The Morgan fingerprint density at radius 2 is 1.82 bits per heavy atom. The van der Waals surface area contributed by atoms with Crippen molar-refractivity contribution in [1.82, 2.24) is 14.9 Å². The van der Waals surface area contributed by atoms with Crippen molar-refractivity contribution in [3.63, 3.8) is 0 Å². The number of halogens is 1. The third-order valence-corrected chi connectivity index (χ3v) is 6.34. The Morgan fingerprint density at radius 1 is 1.03 bits per heavy atom. The van der Waals surface area contributed by atoms with Crippen LogP contribution in [0.2, 0.25) is 0 Å². The Kier molecular flexibility index (Phi) is 6.02. The summed E-state index contributed by atoms with van der Waals surface area (Å²) in [7, 11) is 0. The number of pyridine rings is 1. The lowest BCUT2D eigenvalue weighted by atomic mass is 10.0. The standard InChI is InChI=1S/C27H25FN4OS/c1-3-33-21-12-9-19(10-13-21)31-16-6-8-24(31)26-25(23-7-4-5-15-29-23)30-27(34)32(26)20-11-14-22(28)18(2)17-20/h4-17,25-26H,3H2,1-2H3,(H,30,34). The van der Waals surface area contributed by atoms with Crippen LogP contribution in [-0.2, 0) is 0 Å². The van der Waals surface area contributed by atoms with Crippen molar-refractivity contribution < 1.29 is 9.13 Å². The molecule has 1 N–H and O–H groups in total. The predicted molar refractivity (Wildman–Crippen MR) is 136 cm³/mol. The second-order valence-corrected chi connectivity index (χ2v) is 8.55. The Balaban J connectivity index is 1.62. The number of nitrogens with zero attached hydrogens (tertiary/aromatic N) is 3. The van der Waals surface area contributed by atoms with E-state index in [0.29, 0.717) is 17.3 Å². The number of aryl methyl sites for hydroxylation is 1. The van der Waals surface area contributed by atoms with Crippen molar-refractivity contribution in [1.29, 1.82) is 0 Å². The van der Waals surface area contributed by atoms with Crippen LogP contribution in [0.4, 0.5) is 10.1 Å². The summed E-state index contributed by atoms with van der Waals surface area (Å²) in [6.07, 6.45) is 3.82. The molecule has 0 radical (unpaired) electrons. The van der Waals surface area contributed by atoms with Gasteiger partial charge in [0.1, 0.15) is 17.6 Å². The van der Waals surface area contributed by atoms with Crippen LogP contribution in [0.3, 0.4) is 0 Å². The zero-order chi connectivity index (χ0) is 23.7. The second kappa shape index (κ2) is 9.27. The summed E-state index contributed by atoms with van der Waals surface area (Å²) in [4.78, 5) is 6.67. The van der Waals surface area contributed by atoms with E-state index in [4.69, 9.17) is 17.0 Å². The number of hydrogen-bond acceptors (Lipinski definition) is 3. The molecule has 0 saturated carbocycles. The average molecular weight is 473 g/mol. The van der Waals surface area contributed by atoms with E-state index in [0.717, 1.165) is 28.5 Å². The SMILES string of the molecule is CCOc1ccc(-n2cccc2C2C(c3ccccn3)NC(=S)N2c2ccc(F)c(C)c2)cc1. The maximum Gasteiger partial charge on any atom is 0.174 e. The summed E-state index contributed by atoms with van der Waals surface area (Å²) >= 11 is 5.80. The van der Waals surface area contributed by atoms with Gasteiger partial charge >= 0.3 is 0 Å². The number of thiocarbonyl (C=S) groups is 1. The average Bonchev–Trinajstić information content (AvgIpc) is 3.46. The Hall–Kier alpha value is -3.71. The number of ether oxygens (including phenoxy) is 1. The van der Waals surface area contributed by atoms with Gasteiger partial charge in [0, 0.05) is 29.5 Å². The number of anilines is 1. The maximum atomic E-state index is 14.1.